The van der Waals surface area contributed by atoms with E-state index >= 15 is 0 Å². The molecule has 0 aliphatic rings. The van der Waals surface area contributed by atoms with E-state index in [4.69, 9.17) is 16.3 Å². The van der Waals surface area contributed by atoms with Crippen LogP contribution in [-0.4, -0.2) is 19.1 Å². The molecule has 0 fully saturated rings. The highest BCUT2D eigenvalue weighted by Gasteiger charge is 2.13. The van der Waals surface area contributed by atoms with Crippen LogP contribution in [0.15, 0.2) is 42.5 Å². The third-order valence-electron chi connectivity index (χ3n) is 3.56. The second kappa shape index (κ2) is 7.88. The minimum Gasteiger partial charge on any atom is -0.495 e. The van der Waals surface area contributed by atoms with Gasteiger partial charge in [-0.2, -0.15) is 0 Å². The van der Waals surface area contributed by atoms with Crippen LogP contribution >= 0.6 is 11.6 Å². The number of aryl methyl sites for hydroxylation is 1. The van der Waals surface area contributed by atoms with Crippen LogP contribution in [0.4, 0.5) is 11.4 Å². The van der Waals surface area contributed by atoms with E-state index < -0.39 is 6.04 Å². The molecule has 1 amide bonds. The van der Waals surface area contributed by atoms with Crippen LogP contribution in [0.2, 0.25) is 5.02 Å². The van der Waals surface area contributed by atoms with Crippen LogP contribution in [0, 0.1) is 0 Å². The van der Waals surface area contributed by atoms with Gasteiger partial charge in [0.1, 0.15) is 11.8 Å². The van der Waals surface area contributed by atoms with Crippen molar-refractivity contribution in [1.29, 1.82) is 0 Å². The molecule has 2 aromatic rings. The zero-order chi connectivity index (χ0) is 16.8. The first-order valence-electron chi connectivity index (χ1n) is 7.53. The van der Waals surface area contributed by atoms with E-state index in [1.165, 1.54) is 5.56 Å². The number of hydrogen-bond acceptors (Lipinski definition) is 3. The molecule has 0 saturated carbocycles. The molecule has 0 saturated heterocycles. The van der Waals surface area contributed by atoms with Gasteiger partial charge in [0.15, 0.2) is 0 Å². The molecule has 0 spiro atoms. The molecule has 0 unspecified atom stereocenters. The average molecular weight is 333 g/mol. The first kappa shape index (κ1) is 17.2. The van der Waals surface area contributed by atoms with E-state index in [1.54, 1.807) is 26.2 Å². The van der Waals surface area contributed by atoms with E-state index in [-0.39, 0.29) is 5.91 Å². The van der Waals surface area contributed by atoms with Crippen molar-refractivity contribution in [2.24, 2.45) is 0 Å². The lowest BCUT2D eigenvalue weighted by molar-refractivity contribution is -0.116. The molecule has 0 aromatic heterocycles. The summed E-state index contributed by atoms with van der Waals surface area (Å²) in [7, 11) is 1.56. The summed E-state index contributed by atoms with van der Waals surface area (Å²) in [4.78, 5) is 12.2. The summed E-state index contributed by atoms with van der Waals surface area (Å²) < 4.78 is 5.11. The summed E-state index contributed by atoms with van der Waals surface area (Å²) in [5, 5.41) is 6.52. The van der Waals surface area contributed by atoms with Crippen LogP contribution in [0.25, 0.3) is 0 Å². The predicted octanol–water partition coefficient (Wildman–Crippen LogP) is 4.35. The van der Waals surface area contributed by atoms with E-state index in [0.717, 1.165) is 17.8 Å². The first-order chi connectivity index (χ1) is 11.0. The van der Waals surface area contributed by atoms with Crippen molar-refractivity contribution in [3.8, 4) is 5.75 Å². The third-order valence-corrected chi connectivity index (χ3v) is 3.85. The van der Waals surface area contributed by atoms with Crippen LogP contribution in [0.5, 0.6) is 5.75 Å². The number of halogens is 1. The Morgan fingerprint density at radius 3 is 2.39 bits per heavy atom. The number of hydrogen-bond donors (Lipinski definition) is 2. The number of benzene rings is 2. The second-order valence-corrected chi connectivity index (χ2v) is 5.66. The minimum atomic E-state index is -0.398. The molecule has 0 radical (unpaired) electrons. The van der Waals surface area contributed by atoms with Crippen molar-refractivity contribution in [3.63, 3.8) is 0 Å². The molecule has 0 aliphatic heterocycles. The SMILES string of the molecule is CCc1ccc(NC(=O)[C@H](C)Nc2ccc(OC)c(Cl)c2)cc1. The maximum atomic E-state index is 12.2. The fourth-order valence-electron chi connectivity index (χ4n) is 2.15. The second-order valence-electron chi connectivity index (χ2n) is 5.26. The fraction of sp³-hybridized carbons (Fsp3) is 0.278. The molecule has 23 heavy (non-hydrogen) atoms. The molecule has 5 heteroatoms. The number of amides is 1. The summed E-state index contributed by atoms with van der Waals surface area (Å²) in [5.74, 6) is 0.492. The smallest absolute Gasteiger partial charge is 0.246 e. The standard InChI is InChI=1S/C18H21ClN2O2/c1-4-13-5-7-14(8-6-13)21-18(22)12(2)20-15-9-10-17(23-3)16(19)11-15/h5-12,20H,4H2,1-3H3,(H,21,22)/t12-/m0/s1. The number of nitrogens with one attached hydrogen (secondary N) is 2. The Morgan fingerprint density at radius 1 is 1.17 bits per heavy atom. The Labute approximate surface area is 141 Å². The highest BCUT2D eigenvalue weighted by atomic mass is 35.5. The summed E-state index contributed by atoms with van der Waals surface area (Å²) in [6.07, 6.45) is 0.977. The van der Waals surface area contributed by atoms with Crippen molar-refractivity contribution in [3.05, 3.63) is 53.1 Å². The molecule has 2 N–H and O–H groups in total. The first-order valence-corrected chi connectivity index (χ1v) is 7.91. The van der Waals surface area contributed by atoms with E-state index in [1.807, 2.05) is 30.3 Å². The zero-order valence-corrected chi connectivity index (χ0v) is 14.3. The molecular formula is C18H21ClN2O2. The number of ether oxygens (including phenoxy) is 1. The van der Waals surface area contributed by atoms with Crippen LogP contribution < -0.4 is 15.4 Å². The van der Waals surface area contributed by atoms with Crippen molar-refractivity contribution in [1.82, 2.24) is 0 Å². The summed E-state index contributed by atoms with van der Waals surface area (Å²) in [6.45, 7) is 3.90. The molecule has 122 valence electrons. The average Bonchev–Trinajstić information content (AvgIpc) is 2.55. The number of methoxy groups -OCH3 is 1. The topological polar surface area (TPSA) is 50.4 Å². The van der Waals surface area contributed by atoms with Crippen LogP contribution in [0.1, 0.15) is 19.4 Å². The summed E-state index contributed by atoms with van der Waals surface area (Å²) in [5.41, 5.74) is 2.79. The van der Waals surface area contributed by atoms with Gasteiger partial charge in [0.05, 0.1) is 12.1 Å². The fourth-order valence-corrected chi connectivity index (χ4v) is 2.40. The highest BCUT2D eigenvalue weighted by molar-refractivity contribution is 6.32. The van der Waals surface area contributed by atoms with Crippen LogP contribution in [0.3, 0.4) is 0 Å². The van der Waals surface area contributed by atoms with Gasteiger partial charge in [-0.05, 0) is 49.2 Å². The molecule has 2 rings (SSSR count). The molecule has 0 bridgehead atoms. The van der Waals surface area contributed by atoms with Crippen molar-refractivity contribution in [2.75, 3.05) is 17.7 Å². The summed E-state index contributed by atoms with van der Waals surface area (Å²) in [6, 6.07) is 12.8. The van der Waals surface area contributed by atoms with Gasteiger partial charge in [-0.15, -0.1) is 0 Å². The molecular weight excluding hydrogens is 312 g/mol. The third kappa shape index (κ3) is 4.63. The van der Waals surface area contributed by atoms with Crippen molar-refractivity contribution >= 4 is 28.9 Å². The lowest BCUT2D eigenvalue weighted by atomic mass is 10.1. The van der Waals surface area contributed by atoms with E-state index in [0.29, 0.717) is 10.8 Å². The molecule has 4 nitrogen and oxygen atoms in total. The van der Waals surface area contributed by atoms with Crippen LogP contribution in [-0.2, 0) is 11.2 Å². The van der Waals surface area contributed by atoms with E-state index in [2.05, 4.69) is 17.6 Å². The van der Waals surface area contributed by atoms with Crippen molar-refractivity contribution < 1.29 is 9.53 Å². The predicted molar refractivity (Wildman–Crippen MR) is 95.5 cm³/mol. The highest BCUT2D eigenvalue weighted by Crippen LogP contribution is 2.27. The Hall–Kier alpha value is -2.20. The van der Waals surface area contributed by atoms with Gasteiger partial charge in [0.2, 0.25) is 5.91 Å². The number of carbonyl (C=O) groups excluding carboxylic acids is 1. The maximum absolute atomic E-state index is 12.2. The van der Waals surface area contributed by atoms with Gasteiger partial charge in [-0.25, -0.2) is 0 Å². The van der Waals surface area contributed by atoms with Gasteiger partial charge in [0, 0.05) is 11.4 Å². The Balaban J connectivity index is 1.97. The normalized spacial score (nSPS) is 11.7. The number of carbonyl (C=O) groups is 1. The maximum Gasteiger partial charge on any atom is 0.246 e. The lowest BCUT2D eigenvalue weighted by Crippen LogP contribution is -2.31. The molecule has 2 aromatic carbocycles. The Kier molecular flexibility index (Phi) is 5.88. The van der Waals surface area contributed by atoms with E-state index in [9.17, 15) is 4.79 Å². The van der Waals surface area contributed by atoms with Gasteiger partial charge in [0.25, 0.3) is 0 Å². The number of anilines is 2. The van der Waals surface area contributed by atoms with Gasteiger partial charge < -0.3 is 15.4 Å². The Bertz CT molecular complexity index is 671. The van der Waals surface area contributed by atoms with Gasteiger partial charge in [-0.1, -0.05) is 30.7 Å². The lowest BCUT2D eigenvalue weighted by Gasteiger charge is -2.16. The molecule has 1 atom stereocenters. The molecule has 0 aliphatic carbocycles. The van der Waals surface area contributed by atoms with Crippen molar-refractivity contribution in [2.45, 2.75) is 26.3 Å². The summed E-state index contributed by atoms with van der Waals surface area (Å²) >= 11 is 6.09. The zero-order valence-electron chi connectivity index (χ0n) is 13.5. The van der Waals surface area contributed by atoms with Gasteiger partial charge >= 0.3 is 0 Å². The largest absolute Gasteiger partial charge is 0.495 e. The minimum absolute atomic E-state index is 0.110. The number of rotatable bonds is 6. The van der Waals surface area contributed by atoms with Gasteiger partial charge in [-0.3, -0.25) is 4.79 Å². The Morgan fingerprint density at radius 2 is 1.83 bits per heavy atom. The molecule has 0 heterocycles. The quantitative estimate of drug-likeness (QED) is 0.826. The monoisotopic (exact) mass is 332 g/mol.